The van der Waals surface area contributed by atoms with E-state index in [4.69, 9.17) is 16.3 Å². The fraction of sp³-hybridized carbons (Fsp3) is 0.158. The second-order valence-electron chi connectivity index (χ2n) is 5.52. The summed E-state index contributed by atoms with van der Waals surface area (Å²) in [6.45, 7) is 0. The number of thiophene rings is 1. The number of fused-ring (bicyclic) bond motifs is 1. The van der Waals surface area contributed by atoms with Crippen LogP contribution in [-0.2, 0) is 16.0 Å². The third-order valence-corrected chi connectivity index (χ3v) is 5.11. The summed E-state index contributed by atoms with van der Waals surface area (Å²) in [4.78, 5) is 24.5. The third kappa shape index (κ3) is 4.00. The second kappa shape index (κ2) is 7.68. The molecule has 1 aromatic heterocycles. The lowest BCUT2D eigenvalue weighted by Gasteiger charge is -2.16. The van der Waals surface area contributed by atoms with Gasteiger partial charge in [-0.2, -0.15) is 0 Å². The SMILES string of the molecule is COC(=O)[C@@H](Cc1csc2ccc(Cl)cc12)NC(=O)c1ccccc1. The van der Waals surface area contributed by atoms with Crippen LogP contribution in [0.2, 0.25) is 5.02 Å². The van der Waals surface area contributed by atoms with Gasteiger partial charge in [-0.05, 0) is 46.7 Å². The Morgan fingerprint density at radius 3 is 2.68 bits per heavy atom. The molecule has 0 aliphatic heterocycles. The van der Waals surface area contributed by atoms with E-state index in [1.165, 1.54) is 7.11 Å². The van der Waals surface area contributed by atoms with Gasteiger partial charge < -0.3 is 10.1 Å². The van der Waals surface area contributed by atoms with E-state index in [1.807, 2.05) is 29.6 Å². The van der Waals surface area contributed by atoms with Crippen molar-refractivity contribution in [2.45, 2.75) is 12.5 Å². The molecule has 6 heteroatoms. The zero-order chi connectivity index (χ0) is 17.8. The summed E-state index contributed by atoms with van der Waals surface area (Å²) < 4.78 is 5.94. The number of carbonyl (C=O) groups is 2. The molecular weight excluding hydrogens is 358 g/mol. The normalized spacial score (nSPS) is 11.9. The highest BCUT2D eigenvalue weighted by Crippen LogP contribution is 2.29. The maximum atomic E-state index is 12.4. The number of nitrogens with one attached hydrogen (secondary N) is 1. The van der Waals surface area contributed by atoms with Crippen LogP contribution in [0.5, 0.6) is 0 Å². The smallest absolute Gasteiger partial charge is 0.328 e. The Balaban J connectivity index is 1.84. The van der Waals surface area contributed by atoms with Crippen LogP contribution < -0.4 is 5.32 Å². The van der Waals surface area contributed by atoms with E-state index in [0.29, 0.717) is 17.0 Å². The van der Waals surface area contributed by atoms with Gasteiger partial charge in [0.15, 0.2) is 0 Å². The van der Waals surface area contributed by atoms with Gasteiger partial charge in [0.1, 0.15) is 6.04 Å². The van der Waals surface area contributed by atoms with Crippen LogP contribution in [0, 0.1) is 0 Å². The van der Waals surface area contributed by atoms with Crippen LogP contribution in [0.3, 0.4) is 0 Å². The van der Waals surface area contributed by atoms with E-state index >= 15 is 0 Å². The Morgan fingerprint density at radius 2 is 1.96 bits per heavy atom. The molecule has 0 fully saturated rings. The number of rotatable bonds is 5. The highest BCUT2D eigenvalue weighted by molar-refractivity contribution is 7.17. The van der Waals surface area contributed by atoms with Crippen molar-refractivity contribution >= 4 is 44.9 Å². The lowest BCUT2D eigenvalue weighted by atomic mass is 10.0. The Bertz CT molecular complexity index is 907. The number of benzene rings is 2. The Kier molecular flexibility index (Phi) is 5.36. The highest BCUT2D eigenvalue weighted by Gasteiger charge is 2.24. The minimum Gasteiger partial charge on any atom is -0.467 e. The molecule has 0 bridgehead atoms. The van der Waals surface area contributed by atoms with Crippen LogP contribution in [-0.4, -0.2) is 25.0 Å². The van der Waals surface area contributed by atoms with Gasteiger partial charge in [0, 0.05) is 21.7 Å². The van der Waals surface area contributed by atoms with Gasteiger partial charge in [-0.25, -0.2) is 4.79 Å². The summed E-state index contributed by atoms with van der Waals surface area (Å²) in [7, 11) is 1.31. The number of amides is 1. The van der Waals surface area contributed by atoms with E-state index in [0.717, 1.165) is 15.6 Å². The molecule has 0 radical (unpaired) electrons. The average Bonchev–Trinajstić information content (AvgIpc) is 3.03. The number of hydrogen-bond donors (Lipinski definition) is 1. The predicted octanol–water partition coefficient (Wildman–Crippen LogP) is 4.07. The molecule has 0 saturated carbocycles. The molecule has 0 spiro atoms. The topological polar surface area (TPSA) is 55.4 Å². The molecule has 1 N–H and O–H groups in total. The summed E-state index contributed by atoms with van der Waals surface area (Å²) in [6.07, 6.45) is 0.339. The van der Waals surface area contributed by atoms with Gasteiger partial charge in [0.25, 0.3) is 5.91 Å². The van der Waals surface area contributed by atoms with E-state index in [2.05, 4.69) is 5.32 Å². The lowest BCUT2D eigenvalue weighted by Crippen LogP contribution is -2.43. The number of halogens is 1. The number of methoxy groups -OCH3 is 1. The highest BCUT2D eigenvalue weighted by atomic mass is 35.5. The first-order valence-corrected chi connectivity index (χ1v) is 8.93. The number of carbonyl (C=O) groups excluding carboxylic acids is 2. The maximum absolute atomic E-state index is 12.4. The summed E-state index contributed by atoms with van der Waals surface area (Å²) in [5, 5.41) is 6.36. The summed E-state index contributed by atoms with van der Waals surface area (Å²) in [5.41, 5.74) is 1.45. The van der Waals surface area contributed by atoms with Crippen molar-refractivity contribution in [1.82, 2.24) is 5.32 Å². The molecule has 1 heterocycles. The van der Waals surface area contributed by atoms with E-state index < -0.39 is 12.0 Å². The third-order valence-electron chi connectivity index (χ3n) is 3.87. The second-order valence-corrected chi connectivity index (χ2v) is 6.87. The van der Waals surface area contributed by atoms with Crippen molar-refractivity contribution < 1.29 is 14.3 Å². The van der Waals surface area contributed by atoms with E-state index in [-0.39, 0.29) is 5.91 Å². The molecule has 0 aliphatic carbocycles. The quantitative estimate of drug-likeness (QED) is 0.686. The molecule has 0 aliphatic rings. The van der Waals surface area contributed by atoms with Crippen LogP contribution in [0.25, 0.3) is 10.1 Å². The van der Waals surface area contributed by atoms with Gasteiger partial charge in [0.2, 0.25) is 0 Å². The first-order chi connectivity index (χ1) is 12.1. The van der Waals surface area contributed by atoms with Crippen molar-refractivity contribution in [3.05, 3.63) is 70.1 Å². The lowest BCUT2D eigenvalue weighted by molar-refractivity contribution is -0.142. The summed E-state index contributed by atoms with van der Waals surface area (Å²) in [5.74, 6) is -0.792. The standard InChI is InChI=1S/C19H16ClNO3S/c1-24-19(23)16(21-18(22)12-5-3-2-4-6-12)9-13-11-25-17-8-7-14(20)10-15(13)17/h2-8,10-11,16H,9H2,1H3,(H,21,22)/t16-/m1/s1. The molecule has 1 amide bonds. The van der Waals surface area contributed by atoms with Crippen molar-refractivity contribution in [1.29, 1.82) is 0 Å². The molecule has 2 aromatic carbocycles. The molecule has 3 rings (SSSR count). The zero-order valence-electron chi connectivity index (χ0n) is 13.5. The number of hydrogen-bond acceptors (Lipinski definition) is 4. The predicted molar refractivity (Wildman–Crippen MR) is 100 cm³/mol. The summed E-state index contributed by atoms with van der Waals surface area (Å²) >= 11 is 7.66. The minimum atomic E-state index is -0.769. The first-order valence-electron chi connectivity index (χ1n) is 7.68. The molecule has 4 nitrogen and oxygen atoms in total. The van der Waals surface area contributed by atoms with Crippen molar-refractivity contribution in [2.75, 3.05) is 7.11 Å². The largest absolute Gasteiger partial charge is 0.467 e. The summed E-state index contributed by atoms with van der Waals surface area (Å²) in [6, 6.07) is 13.7. The van der Waals surface area contributed by atoms with E-state index in [1.54, 1.807) is 35.6 Å². The Morgan fingerprint density at radius 1 is 1.20 bits per heavy atom. The average molecular weight is 374 g/mol. The molecule has 25 heavy (non-hydrogen) atoms. The Hall–Kier alpha value is -2.37. The molecule has 128 valence electrons. The number of ether oxygens (including phenoxy) is 1. The van der Waals surface area contributed by atoms with E-state index in [9.17, 15) is 9.59 Å². The van der Waals surface area contributed by atoms with Crippen molar-refractivity contribution in [2.24, 2.45) is 0 Å². The zero-order valence-corrected chi connectivity index (χ0v) is 15.1. The number of esters is 1. The maximum Gasteiger partial charge on any atom is 0.328 e. The fourth-order valence-corrected chi connectivity index (χ4v) is 3.73. The fourth-order valence-electron chi connectivity index (χ4n) is 2.60. The molecular formula is C19H16ClNO3S. The van der Waals surface area contributed by atoms with Crippen LogP contribution in [0.15, 0.2) is 53.9 Å². The van der Waals surface area contributed by atoms with Crippen molar-refractivity contribution in [3.63, 3.8) is 0 Å². The van der Waals surface area contributed by atoms with Gasteiger partial charge >= 0.3 is 5.97 Å². The van der Waals surface area contributed by atoms with Crippen LogP contribution >= 0.6 is 22.9 Å². The Labute approximate surface area is 154 Å². The van der Waals surface area contributed by atoms with Crippen LogP contribution in [0.4, 0.5) is 0 Å². The minimum absolute atomic E-state index is 0.312. The van der Waals surface area contributed by atoms with Gasteiger partial charge in [0.05, 0.1) is 7.11 Å². The monoisotopic (exact) mass is 373 g/mol. The molecule has 3 aromatic rings. The van der Waals surface area contributed by atoms with Gasteiger partial charge in [-0.1, -0.05) is 29.8 Å². The van der Waals surface area contributed by atoms with Gasteiger partial charge in [-0.3, -0.25) is 4.79 Å². The first kappa shape index (κ1) is 17.5. The van der Waals surface area contributed by atoms with Crippen molar-refractivity contribution in [3.8, 4) is 0 Å². The molecule has 0 unspecified atom stereocenters. The molecule has 1 atom stereocenters. The molecule has 0 saturated heterocycles. The van der Waals surface area contributed by atoms with Crippen LogP contribution in [0.1, 0.15) is 15.9 Å². The van der Waals surface area contributed by atoms with Gasteiger partial charge in [-0.15, -0.1) is 11.3 Å².